The molecule has 1 saturated heterocycles. The lowest BCUT2D eigenvalue weighted by Crippen LogP contribution is -2.46. The van der Waals surface area contributed by atoms with Crippen molar-refractivity contribution in [2.75, 3.05) is 24.5 Å². The Hall–Kier alpha value is 0.190. The van der Waals surface area contributed by atoms with Crippen molar-refractivity contribution < 1.29 is 0 Å². The smallest absolute Gasteiger partial charge is 0.0521 e. The quantitative estimate of drug-likeness (QED) is 0.737. The van der Waals surface area contributed by atoms with E-state index in [0.29, 0.717) is 6.04 Å². The van der Waals surface area contributed by atoms with Crippen LogP contribution in [-0.2, 0) is 0 Å². The zero-order valence-electron chi connectivity index (χ0n) is 10.8. The van der Waals surface area contributed by atoms with E-state index in [0.717, 1.165) is 13.1 Å². The second-order valence-corrected chi connectivity index (χ2v) is 6.93. The van der Waals surface area contributed by atoms with Crippen molar-refractivity contribution in [1.29, 1.82) is 0 Å². The van der Waals surface area contributed by atoms with Gasteiger partial charge in [-0.1, -0.05) is 6.92 Å². The molecular weight excluding hydrogens is 403 g/mol. The highest BCUT2D eigenvalue weighted by atomic mass is 127. The van der Waals surface area contributed by atoms with Gasteiger partial charge in [-0.3, -0.25) is 0 Å². The Morgan fingerprint density at radius 2 is 2.33 bits per heavy atom. The van der Waals surface area contributed by atoms with E-state index in [4.69, 9.17) is 0 Å². The van der Waals surface area contributed by atoms with Crippen LogP contribution in [0.3, 0.4) is 0 Å². The molecule has 100 valence electrons. The number of anilines is 1. The molecule has 2 rings (SSSR count). The molecule has 2 nitrogen and oxygen atoms in total. The highest BCUT2D eigenvalue weighted by Gasteiger charge is 2.20. The number of nitrogens with one attached hydrogen (secondary N) is 1. The van der Waals surface area contributed by atoms with Crippen LogP contribution in [0.15, 0.2) is 22.7 Å². The first-order valence-corrected chi connectivity index (χ1v) is 8.51. The van der Waals surface area contributed by atoms with E-state index in [1.807, 2.05) is 0 Å². The van der Waals surface area contributed by atoms with Crippen LogP contribution in [0, 0.1) is 3.57 Å². The third kappa shape index (κ3) is 3.84. The molecule has 1 unspecified atom stereocenters. The molecule has 0 spiro atoms. The number of rotatable bonds is 4. The first-order valence-electron chi connectivity index (χ1n) is 6.64. The van der Waals surface area contributed by atoms with E-state index in [-0.39, 0.29) is 0 Å². The summed E-state index contributed by atoms with van der Waals surface area (Å²) in [5, 5.41) is 3.65. The molecule has 1 heterocycles. The van der Waals surface area contributed by atoms with Crippen LogP contribution in [0.25, 0.3) is 0 Å². The summed E-state index contributed by atoms with van der Waals surface area (Å²) < 4.78 is 2.51. The predicted molar refractivity (Wildman–Crippen MR) is 90.4 cm³/mol. The first-order chi connectivity index (χ1) is 8.70. The van der Waals surface area contributed by atoms with E-state index < -0.39 is 0 Å². The van der Waals surface area contributed by atoms with Crippen molar-refractivity contribution in [2.45, 2.75) is 32.2 Å². The summed E-state index contributed by atoms with van der Waals surface area (Å²) >= 11 is 6.06. The summed E-state index contributed by atoms with van der Waals surface area (Å²) in [6, 6.07) is 7.21. The highest BCUT2D eigenvalue weighted by molar-refractivity contribution is 14.1. The summed E-state index contributed by atoms with van der Waals surface area (Å²) in [5.41, 5.74) is 1.34. The fourth-order valence-electron chi connectivity index (χ4n) is 2.44. The average Bonchev–Trinajstić information content (AvgIpc) is 2.39. The lowest BCUT2D eigenvalue weighted by atomic mass is 10.0. The van der Waals surface area contributed by atoms with Crippen molar-refractivity contribution in [2.24, 2.45) is 0 Å². The van der Waals surface area contributed by atoms with Gasteiger partial charge < -0.3 is 10.2 Å². The Morgan fingerprint density at radius 1 is 1.50 bits per heavy atom. The van der Waals surface area contributed by atoms with Crippen LogP contribution in [0.4, 0.5) is 5.69 Å². The van der Waals surface area contributed by atoms with Crippen molar-refractivity contribution in [3.8, 4) is 0 Å². The fraction of sp³-hybridized carbons (Fsp3) is 0.571. The molecular formula is C14H20BrIN2. The maximum atomic E-state index is 3.67. The Bertz CT molecular complexity index is 397. The third-order valence-corrected chi connectivity index (χ3v) is 4.69. The number of benzene rings is 1. The Kier molecular flexibility index (Phi) is 5.76. The maximum absolute atomic E-state index is 3.67. The molecule has 1 fully saturated rings. The van der Waals surface area contributed by atoms with Gasteiger partial charge in [0, 0.05) is 27.2 Å². The van der Waals surface area contributed by atoms with Gasteiger partial charge in [-0.25, -0.2) is 0 Å². The molecule has 0 radical (unpaired) electrons. The van der Waals surface area contributed by atoms with E-state index >= 15 is 0 Å². The third-order valence-electron chi connectivity index (χ3n) is 3.35. The summed E-state index contributed by atoms with van der Waals surface area (Å²) in [4.78, 5) is 2.50. The maximum Gasteiger partial charge on any atom is 0.0521 e. The Labute approximate surface area is 132 Å². The van der Waals surface area contributed by atoms with Gasteiger partial charge in [-0.2, -0.15) is 0 Å². The van der Waals surface area contributed by atoms with E-state index in [1.165, 1.54) is 39.5 Å². The number of piperidine rings is 1. The van der Waals surface area contributed by atoms with Gasteiger partial charge in [-0.05, 0) is 82.5 Å². The molecule has 0 saturated carbocycles. The summed E-state index contributed by atoms with van der Waals surface area (Å²) in [6.07, 6.45) is 3.79. The molecule has 0 aromatic heterocycles. The van der Waals surface area contributed by atoms with Gasteiger partial charge in [0.15, 0.2) is 0 Å². The standard InChI is InChI=1S/C14H20BrIN2/c1-2-7-17-12-4-3-8-18(10-12)14-9-11(16)5-6-13(14)15/h5-6,9,12,17H,2-4,7-8,10H2,1H3. The zero-order valence-corrected chi connectivity index (χ0v) is 14.5. The van der Waals surface area contributed by atoms with Crippen molar-refractivity contribution in [1.82, 2.24) is 5.32 Å². The minimum absolute atomic E-state index is 0.642. The lowest BCUT2D eigenvalue weighted by Gasteiger charge is -2.35. The lowest BCUT2D eigenvalue weighted by molar-refractivity contribution is 0.423. The first kappa shape index (κ1) is 14.6. The van der Waals surface area contributed by atoms with Crippen molar-refractivity contribution in [3.63, 3.8) is 0 Å². The molecule has 1 aliphatic heterocycles. The molecule has 1 N–H and O–H groups in total. The number of nitrogens with zero attached hydrogens (tertiary/aromatic N) is 1. The van der Waals surface area contributed by atoms with Gasteiger partial charge in [0.2, 0.25) is 0 Å². The largest absolute Gasteiger partial charge is 0.369 e. The monoisotopic (exact) mass is 422 g/mol. The molecule has 18 heavy (non-hydrogen) atoms. The van der Waals surface area contributed by atoms with E-state index in [9.17, 15) is 0 Å². The summed E-state index contributed by atoms with van der Waals surface area (Å²) in [5.74, 6) is 0. The van der Waals surface area contributed by atoms with Gasteiger partial charge in [0.25, 0.3) is 0 Å². The Morgan fingerprint density at radius 3 is 3.11 bits per heavy atom. The van der Waals surface area contributed by atoms with Crippen molar-refractivity contribution >= 4 is 44.2 Å². The number of hydrogen-bond donors (Lipinski definition) is 1. The molecule has 0 amide bonds. The number of halogens is 2. The highest BCUT2D eigenvalue weighted by Crippen LogP contribution is 2.30. The molecule has 4 heteroatoms. The molecule has 1 aliphatic rings. The van der Waals surface area contributed by atoms with E-state index in [2.05, 4.69) is 73.9 Å². The molecule has 1 atom stereocenters. The van der Waals surface area contributed by atoms with Crippen molar-refractivity contribution in [3.05, 3.63) is 26.2 Å². The van der Waals surface area contributed by atoms with Crippen LogP contribution in [-0.4, -0.2) is 25.7 Å². The van der Waals surface area contributed by atoms with Crippen LogP contribution in [0.1, 0.15) is 26.2 Å². The van der Waals surface area contributed by atoms with Gasteiger partial charge in [0.1, 0.15) is 0 Å². The topological polar surface area (TPSA) is 15.3 Å². The van der Waals surface area contributed by atoms with Gasteiger partial charge in [-0.15, -0.1) is 0 Å². The molecule has 1 aromatic carbocycles. The Balaban J connectivity index is 2.05. The SMILES string of the molecule is CCCNC1CCCN(c2cc(I)ccc2Br)C1. The van der Waals surface area contributed by atoms with Gasteiger partial charge in [0.05, 0.1) is 5.69 Å². The van der Waals surface area contributed by atoms with Crippen LogP contribution < -0.4 is 10.2 Å². The molecule has 0 bridgehead atoms. The second kappa shape index (κ2) is 7.10. The average molecular weight is 423 g/mol. The predicted octanol–water partition coefficient (Wildman–Crippen LogP) is 4.02. The fourth-order valence-corrected chi connectivity index (χ4v) is 3.41. The van der Waals surface area contributed by atoms with E-state index in [1.54, 1.807) is 0 Å². The van der Waals surface area contributed by atoms with Crippen LogP contribution >= 0.6 is 38.5 Å². The van der Waals surface area contributed by atoms with Gasteiger partial charge >= 0.3 is 0 Å². The zero-order chi connectivity index (χ0) is 13.0. The minimum Gasteiger partial charge on any atom is -0.369 e. The molecule has 0 aliphatic carbocycles. The summed E-state index contributed by atoms with van der Waals surface area (Å²) in [7, 11) is 0. The van der Waals surface area contributed by atoms with Crippen LogP contribution in [0.2, 0.25) is 0 Å². The molecule has 1 aromatic rings. The van der Waals surface area contributed by atoms with Crippen LogP contribution in [0.5, 0.6) is 0 Å². The summed E-state index contributed by atoms with van der Waals surface area (Å²) in [6.45, 7) is 5.65. The minimum atomic E-state index is 0.642. The normalized spacial score (nSPS) is 20.2. The second-order valence-electron chi connectivity index (χ2n) is 4.84. The number of hydrogen-bond acceptors (Lipinski definition) is 2.